The summed E-state index contributed by atoms with van der Waals surface area (Å²) in [6.07, 6.45) is 5.77. The van der Waals surface area contributed by atoms with E-state index in [1.54, 1.807) is 6.20 Å². The number of aromatic amines is 2. The number of aryl methyl sites for hydroxylation is 1. The van der Waals surface area contributed by atoms with E-state index in [0.717, 1.165) is 41.7 Å². The van der Waals surface area contributed by atoms with E-state index in [-0.39, 0.29) is 5.91 Å². The van der Waals surface area contributed by atoms with Gasteiger partial charge in [-0.05, 0) is 59.3 Å². The van der Waals surface area contributed by atoms with Gasteiger partial charge in [0.1, 0.15) is 5.65 Å². The first kappa shape index (κ1) is 15.4. The third-order valence-corrected chi connectivity index (χ3v) is 5.75. The predicted molar refractivity (Wildman–Crippen MR) is 95.0 cm³/mol. The monoisotopic (exact) mass is 387 g/mol. The maximum Gasteiger partial charge on any atom is 0.275 e. The second-order valence-electron chi connectivity index (χ2n) is 6.22. The van der Waals surface area contributed by atoms with Gasteiger partial charge in [0.25, 0.3) is 5.91 Å². The SMILES string of the molecule is Cc1[nH]nc(C(=O)N2CCC(c3c[nH]c4ncccc34)CC2)c1Br. The van der Waals surface area contributed by atoms with Gasteiger partial charge < -0.3 is 9.88 Å². The van der Waals surface area contributed by atoms with Crippen LogP contribution in [0.5, 0.6) is 0 Å². The first-order valence-corrected chi connectivity index (χ1v) is 8.86. The number of aromatic nitrogens is 4. The lowest BCUT2D eigenvalue weighted by Crippen LogP contribution is -2.38. The van der Waals surface area contributed by atoms with Crippen LogP contribution in [0.1, 0.15) is 40.5 Å². The molecule has 1 aliphatic rings. The molecular formula is C17H18BrN5O. The van der Waals surface area contributed by atoms with E-state index in [1.807, 2.05) is 17.9 Å². The summed E-state index contributed by atoms with van der Waals surface area (Å²) in [5.41, 5.74) is 3.59. The molecule has 1 aliphatic heterocycles. The maximum absolute atomic E-state index is 12.6. The first-order valence-electron chi connectivity index (χ1n) is 8.07. The molecule has 6 nitrogen and oxygen atoms in total. The van der Waals surface area contributed by atoms with Crippen molar-refractivity contribution in [3.8, 4) is 0 Å². The van der Waals surface area contributed by atoms with Crippen molar-refractivity contribution >= 4 is 32.9 Å². The molecule has 124 valence electrons. The number of nitrogens with zero attached hydrogens (tertiary/aromatic N) is 3. The van der Waals surface area contributed by atoms with Gasteiger partial charge >= 0.3 is 0 Å². The number of likely N-dealkylation sites (tertiary alicyclic amines) is 1. The second-order valence-corrected chi connectivity index (χ2v) is 7.01. The number of amides is 1. The topological polar surface area (TPSA) is 77.7 Å². The Balaban J connectivity index is 1.49. The quantitative estimate of drug-likeness (QED) is 0.707. The Morgan fingerprint density at radius 1 is 1.38 bits per heavy atom. The number of hydrogen-bond acceptors (Lipinski definition) is 3. The zero-order valence-electron chi connectivity index (χ0n) is 13.3. The van der Waals surface area contributed by atoms with E-state index in [0.29, 0.717) is 11.6 Å². The number of carbonyl (C=O) groups excluding carboxylic acids is 1. The Hall–Kier alpha value is -2.15. The van der Waals surface area contributed by atoms with Crippen LogP contribution in [0.25, 0.3) is 11.0 Å². The van der Waals surface area contributed by atoms with Crippen molar-refractivity contribution in [2.24, 2.45) is 0 Å². The normalized spacial score (nSPS) is 16.0. The number of H-pyrrole nitrogens is 2. The van der Waals surface area contributed by atoms with E-state index in [2.05, 4.69) is 48.4 Å². The molecule has 0 spiro atoms. The highest BCUT2D eigenvalue weighted by atomic mass is 79.9. The average Bonchev–Trinajstić information content (AvgIpc) is 3.19. The van der Waals surface area contributed by atoms with Gasteiger partial charge in [-0.3, -0.25) is 9.89 Å². The zero-order chi connectivity index (χ0) is 16.7. The molecule has 0 unspecified atom stereocenters. The van der Waals surface area contributed by atoms with Crippen LogP contribution in [0.3, 0.4) is 0 Å². The zero-order valence-corrected chi connectivity index (χ0v) is 14.9. The molecule has 0 aliphatic carbocycles. The number of nitrogens with one attached hydrogen (secondary N) is 2. The van der Waals surface area contributed by atoms with E-state index in [9.17, 15) is 4.79 Å². The molecule has 1 saturated heterocycles. The summed E-state index contributed by atoms with van der Waals surface area (Å²) in [5.74, 6) is 0.446. The summed E-state index contributed by atoms with van der Waals surface area (Å²) in [7, 11) is 0. The van der Waals surface area contributed by atoms with Crippen LogP contribution in [0.15, 0.2) is 29.0 Å². The van der Waals surface area contributed by atoms with Crippen LogP contribution in [0, 0.1) is 6.92 Å². The first-order chi connectivity index (χ1) is 11.6. The maximum atomic E-state index is 12.6. The van der Waals surface area contributed by atoms with Gasteiger partial charge in [0.05, 0.1) is 4.47 Å². The average molecular weight is 388 g/mol. The van der Waals surface area contributed by atoms with Gasteiger partial charge in [0.15, 0.2) is 5.69 Å². The summed E-state index contributed by atoms with van der Waals surface area (Å²) in [6, 6.07) is 4.07. The highest BCUT2D eigenvalue weighted by Crippen LogP contribution is 2.33. The molecule has 4 rings (SSSR count). The van der Waals surface area contributed by atoms with Crippen molar-refractivity contribution in [1.29, 1.82) is 0 Å². The van der Waals surface area contributed by atoms with Crippen LogP contribution in [0.2, 0.25) is 0 Å². The molecule has 1 fully saturated rings. The summed E-state index contributed by atoms with van der Waals surface area (Å²) >= 11 is 3.44. The Bertz CT molecular complexity index is 891. The Kier molecular flexibility index (Phi) is 3.88. The molecule has 4 heterocycles. The van der Waals surface area contributed by atoms with Crippen molar-refractivity contribution < 1.29 is 4.79 Å². The van der Waals surface area contributed by atoms with Crippen molar-refractivity contribution in [3.05, 3.63) is 46.0 Å². The van der Waals surface area contributed by atoms with Crippen LogP contribution >= 0.6 is 15.9 Å². The number of fused-ring (bicyclic) bond motifs is 1. The largest absolute Gasteiger partial charge is 0.346 e. The van der Waals surface area contributed by atoms with Gasteiger partial charge in [-0.25, -0.2) is 4.98 Å². The van der Waals surface area contributed by atoms with Crippen molar-refractivity contribution in [3.63, 3.8) is 0 Å². The van der Waals surface area contributed by atoms with Crippen LogP contribution in [0.4, 0.5) is 0 Å². The molecule has 24 heavy (non-hydrogen) atoms. The molecule has 7 heteroatoms. The summed E-state index contributed by atoms with van der Waals surface area (Å²) < 4.78 is 0.761. The Labute approximate surface area is 147 Å². The molecule has 0 saturated carbocycles. The summed E-state index contributed by atoms with van der Waals surface area (Å²) in [6.45, 7) is 3.38. The lowest BCUT2D eigenvalue weighted by Gasteiger charge is -2.31. The van der Waals surface area contributed by atoms with Crippen LogP contribution < -0.4 is 0 Å². The van der Waals surface area contributed by atoms with Crippen LogP contribution in [-0.2, 0) is 0 Å². The van der Waals surface area contributed by atoms with Gasteiger partial charge in [-0.1, -0.05) is 0 Å². The number of halogens is 1. The molecular weight excluding hydrogens is 370 g/mol. The minimum atomic E-state index is -0.00901. The van der Waals surface area contributed by atoms with E-state index in [1.165, 1.54) is 10.9 Å². The van der Waals surface area contributed by atoms with Crippen LogP contribution in [-0.4, -0.2) is 44.1 Å². The van der Waals surface area contributed by atoms with Gasteiger partial charge in [0.2, 0.25) is 0 Å². The summed E-state index contributed by atoms with van der Waals surface area (Å²) in [5, 5.41) is 8.16. The number of hydrogen-bond donors (Lipinski definition) is 2. The molecule has 0 bridgehead atoms. The highest BCUT2D eigenvalue weighted by molar-refractivity contribution is 9.10. The molecule has 2 N–H and O–H groups in total. The molecule has 0 aromatic carbocycles. The Morgan fingerprint density at radius 2 is 2.17 bits per heavy atom. The fourth-order valence-electron chi connectivity index (χ4n) is 3.42. The van der Waals surface area contributed by atoms with Gasteiger partial charge in [0, 0.05) is 36.6 Å². The van der Waals surface area contributed by atoms with E-state index in [4.69, 9.17) is 0 Å². The molecule has 1 amide bonds. The minimum Gasteiger partial charge on any atom is -0.346 e. The van der Waals surface area contributed by atoms with Crippen molar-refractivity contribution in [2.45, 2.75) is 25.7 Å². The number of pyridine rings is 1. The molecule has 0 radical (unpaired) electrons. The van der Waals surface area contributed by atoms with Crippen molar-refractivity contribution in [1.82, 2.24) is 25.1 Å². The highest BCUT2D eigenvalue weighted by Gasteiger charge is 2.28. The number of carbonyl (C=O) groups is 1. The fourth-order valence-corrected chi connectivity index (χ4v) is 3.76. The Morgan fingerprint density at radius 3 is 2.88 bits per heavy atom. The number of rotatable bonds is 2. The summed E-state index contributed by atoms with van der Waals surface area (Å²) in [4.78, 5) is 22.1. The third kappa shape index (κ3) is 2.53. The fraction of sp³-hybridized carbons (Fsp3) is 0.353. The van der Waals surface area contributed by atoms with E-state index >= 15 is 0 Å². The molecule has 3 aromatic heterocycles. The molecule has 0 atom stereocenters. The van der Waals surface area contributed by atoms with Crippen molar-refractivity contribution in [2.75, 3.05) is 13.1 Å². The lowest BCUT2D eigenvalue weighted by atomic mass is 9.89. The second kappa shape index (κ2) is 6.05. The predicted octanol–water partition coefficient (Wildman–Crippen LogP) is 3.38. The standard InChI is InChI=1S/C17H18BrN5O/c1-10-14(18)15(22-21-10)17(24)23-7-4-11(5-8-23)13-9-20-16-12(13)3-2-6-19-16/h2-3,6,9,11H,4-5,7-8H2,1H3,(H,19,20)(H,21,22). The minimum absolute atomic E-state index is 0.00901. The smallest absolute Gasteiger partial charge is 0.275 e. The van der Waals surface area contributed by atoms with Gasteiger partial charge in [-0.2, -0.15) is 5.10 Å². The number of piperidine rings is 1. The third-order valence-electron chi connectivity index (χ3n) is 4.78. The molecule has 3 aromatic rings. The van der Waals surface area contributed by atoms with Gasteiger partial charge in [-0.15, -0.1) is 0 Å². The lowest BCUT2D eigenvalue weighted by molar-refractivity contribution is 0.0706. The van der Waals surface area contributed by atoms with E-state index < -0.39 is 0 Å².